The van der Waals surface area contributed by atoms with Crippen LogP contribution in [0.5, 0.6) is 0 Å². The minimum absolute atomic E-state index is 0.273. The average molecular weight is 226 g/mol. The molecule has 16 heavy (non-hydrogen) atoms. The summed E-state index contributed by atoms with van der Waals surface area (Å²) in [5.74, 6) is 0.725. The molecule has 1 aromatic heterocycles. The standard InChI is InChI=1S/C9H18N6O/c1-13(2)5-7-4-8(16)6-15(7)9-10-11-12-14(9)3/h7-8,16H,4-6H2,1-3H3. The molecule has 0 spiro atoms. The lowest BCUT2D eigenvalue weighted by Gasteiger charge is -2.26. The van der Waals surface area contributed by atoms with Crippen LogP contribution in [0.1, 0.15) is 6.42 Å². The second-order valence-corrected chi connectivity index (χ2v) is 4.56. The molecule has 7 heteroatoms. The molecular formula is C9H18N6O. The lowest BCUT2D eigenvalue weighted by molar-refractivity contribution is 0.191. The molecule has 0 aromatic carbocycles. The summed E-state index contributed by atoms with van der Waals surface area (Å²) in [6, 6.07) is 0.273. The first-order chi connectivity index (χ1) is 7.58. The van der Waals surface area contributed by atoms with E-state index in [1.807, 2.05) is 21.1 Å². The molecule has 2 unspecified atom stereocenters. The van der Waals surface area contributed by atoms with Crippen LogP contribution < -0.4 is 4.90 Å². The number of aromatic nitrogens is 4. The molecule has 90 valence electrons. The molecular weight excluding hydrogens is 208 g/mol. The Morgan fingerprint density at radius 2 is 2.25 bits per heavy atom. The summed E-state index contributed by atoms with van der Waals surface area (Å²) >= 11 is 0. The monoisotopic (exact) mass is 226 g/mol. The predicted octanol–water partition coefficient (Wildman–Crippen LogP) is -1.29. The van der Waals surface area contributed by atoms with Gasteiger partial charge in [-0.3, -0.25) is 0 Å². The summed E-state index contributed by atoms with van der Waals surface area (Å²) in [5, 5.41) is 21.2. The summed E-state index contributed by atoms with van der Waals surface area (Å²) in [4.78, 5) is 4.18. The Morgan fingerprint density at radius 1 is 1.50 bits per heavy atom. The van der Waals surface area contributed by atoms with Crippen LogP contribution >= 0.6 is 0 Å². The molecule has 0 aliphatic carbocycles. The van der Waals surface area contributed by atoms with E-state index in [2.05, 4.69) is 25.3 Å². The summed E-state index contributed by atoms with van der Waals surface area (Å²) in [6.45, 7) is 1.50. The normalized spacial score (nSPS) is 25.7. The largest absolute Gasteiger partial charge is 0.391 e. The molecule has 0 saturated carbocycles. The number of hydrogen-bond donors (Lipinski definition) is 1. The minimum Gasteiger partial charge on any atom is -0.391 e. The second-order valence-electron chi connectivity index (χ2n) is 4.56. The van der Waals surface area contributed by atoms with E-state index in [4.69, 9.17) is 0 Å². The fraction of sp³-hybridized carbons (Fsp3) is 0.889. The van der Waals surface area contributed by atoms with Crippen molar-refractivity contribution in [1.82, 2.24) is 25.1 Å². The molecule has 2 heterocycles. The van der Waals surface area contributed by atoms with Gasteiger partial charge in [-0.15, -0.1) is 0 Å². The van der Waals surface area contributed by atoms with Crippen LogP contribution in [-0.4, -0.2) is 69.5 Å². The van der Waals surface area contributed by atoms with Crippen LogP contribution in [0.15, 0.2) is 0 Å². The van der Waals surface area contributed by atoms with Crippen LogP contribution in [0.2, 0.25) is 0 Å². The fourth-order valence-electron chi connectivity index (χ4n) is 2.20. The Labute approximate surface area is 94.6 Å². The van der Waals surface area contributed by atoms with Crippen molar-refractivity contribution in [3.05, 3.63) is 0 Å². The minimum atomic E-state index is -0.290. The Kier molecular flexibility index (Phi) is 3.06. The van der Waals surface area contributed by atoms with E-state index in [1.165, 1.54) is 0 Å². The number of aryl methyl sites for hydroxylation is 1. The lowest BCUT2D eigenvalue weighted by Crippen LogP contribution is -2.39. The maximum atomic E-state index is 9.73. The highest BCUT2D eigenvalue weighted by Crippen LogP contribution is 2.23. The Hall–Kier alpha value is -1.21. The van der Waals surface area contributed by atoms with Gasteiger partial charge < -0.3 is 14.9 Å². The van der Waals surface area contributed by atoms with E-state index in [1.54, 1.807) is 4.68 Å². The van der Waals surface area contributed by atoms with Gasteiger partial charge in [0, 0.05) is 26.2 Å². The number of rotatable bonds is 3. The zero-order chi connectivity index (χ0) is 11.7. The van der Waals surface area contributed by atoms with Gasteiger partial charge in [0.15, 0.2) is 0 Å². The van der Waals surface area contributed by atoms with Crippen molar-refractivity contribution in [1.29, 1.82) is 0 Å². The highest BCUT2D eigenvalue weighted by Gasteiger charge is 2.33. The van der Waals surface area contributed by atoms with Crippen LogP contribution in [0, 0.1) is 0 Å². The lowest BCUT2D eigenvalue weighted by atomic mass is 10.2. The van der Waals surface area contributed by atoms with Gasteiger partial charge >= 0.3 is 0 Å². The Balaban J connectivity index is 2.15. The average Bonchev–Trinajstić information content (AvgIpc) is 2.71. The third-order valence-corrected chi connectivity index (χ3v) is 2.82. The van der Waals surface area contributed by atoms with Gasteiger partial charge in [-0.25, -0.2) is 4.68 Å². The molecule has 1 N–H and O–H groups in total. The molecule has 0 amide bonds. The number of anilines is 1. The van der Waals surface area contributed by atoms with Gasteiger partial charge in [0.25, 0.3) is 0 Å². The molecule has 1 saturated heterocycles. The molecule has 1 aliphatic heterocycles. The molecule has 1 fully saturated rings. The van der Waals surface area contributed by atoms with Crippen molar-refractivity contribution in [3.8, 4) is 0 Å². The molecule has 2 rings (SSSR count). The summed E-state index contributed by atoms with van der Waals surface area (Å²) in [5.41, 5.74) is 0. The summed E-state index contributed by atoms with van der Waals surface area (Å²) in [6.07, 6.45) is 0.479. The van der Waals surface area contributed by atoms with Gasteiger partial charge in [0.05, 0.1) is 6.10 Å². The number of β-amino-alcohol motifs (C(OH)–C–C–N with tert-alkyl or cyclic N) is 1. The second kappa shape index (κ2) is 4.34. The number of aliphatic hydroxyl groups is 1. The number of tetrazole rings is 1. The van der Waals surface area contributed by atoms with Crippen LogP contribution in [0.25, 0.3) is 0 Å². The maximum Gasteiger partial charge on any atom is 0.245 e. The Morgan fingerprint density at radius 3 is 2.81 bits per heavy atom. The van der Waals surface area contributed by atoms with Gasteiger partial charge in [-0.2, -0.15) is 0 Å². The first-order valence-electron chi connectivity index (χ1n) is 5.39. The number of hydrogen-bond acceptors (Lipinski definition) is 6. The van der Waals surface area contributed by atoms with Gasteiger partial charge in [-0.05, 0) is 30.9 Å². The number of nitrogens with zero attached hydrogens (tertiary/aromatic N) is 6. The van der Waals surface area contributed by atoms with E-state index in [-0.39, 0.29) is 12.1 Å². The Bertz CT molecular complexity index is 352. The maximum absolute atomic E-state index is 9.73. The van der Waals surface area contributed by atoms with E-state index >= 15 is 0 Å². The molecule has 2 atom stereocenters. The third-order valence-electron chi connectivity index (χ3n) is 2.82. The molecule has 0 bridgehead atoms. The first-order valence-corrected chi connectivity index (χ1v) is 5.39. The fourth-order valence-corrected chi connectivity index (χ4v) is 2.20. The quantitative estimate of drug-likeness (QED) is 0.691. The third kappa shape index (κ3) is 2.14. The predicted molar refractivity (Wildman–Crippen MR) is 59.1 cm³/mol. The van der Waals surface area contributed by atoms with Crippen molar-refractivity contribution in [3.63, 3.8) is 0 Å². The molecule has 7 nitrogen and oxygen atoms in total. The van der Waals surface area contributed by atoms with Gasteiger partial charge in [-0.1, -0.05) is 5.10 Å². The zero-order valence-corrected chi connectivity index (χ0v) is 9.91. The van der Waals surface area contributed by atoms with Gasteiger partial charge in [0.1, 0.15) is 0 Å². The van der Waals surface area contributed by atoms with E-state index < -0.39 is 0 Å². The summed E-state index contributed by atoms with van der Waals surface area (Å²) < 4.78 is 1.64. The van der Waals surface area contributed by atoms with Gasteiger partial charge in [0.2, 0.25) is 5.95 Å². The van der Waals surface area contributed by atoms with Crippen molar-refractivity contribution in [2.24, 2.45) is 7.05 Å². The first kappa shape index (κ1) is 11.3. The van der Waals surface area contributed by atoms with Crippen LogP contribution in [0.4, 0.5) is 5.95 Å². The van der Waals surface area contributed by atoms with E-state index in [0.29, 0.717) is 6.54 Å². The van der Waals surface area contributed by atoms with Crippen LogP contribution in [-0.2, 0) is 7.05 Å². The SMILES string of the molecule is CN(C)CC1CC(O)CN1c1nnnn1C. The molecule has 0 radical (unpaired) electrons. The zero-order valence-electron chi connectivity index (χ0n) is 9.91. The van der Waals surface area contributed by atoms with E-state index in [0.717, 1.165) is 18.9 Å². The van der Waals surface area contributed by atoms with E-state index in [9.17, 15) is 5.11 Å². The summed E-state index contributed by atoms with van der Waals surface area (Å²) in [7, 11) is 5.86. The number of aliphatic hydroxyl groups excluding tert-OH is 1. The highest BCUT2D eigenvalue weighted by molar-refractivity contribution is 5.33. The van der Waals surface area contributed by atoms with Crippen LogP contribution in [0.3, 0.4) is 0 Å². The number of likely N-dealkylation sites (N-methyl/N-ethyl adjacent to an activating group) is 1. The van der Waals surface area contributed by atoms with Crippen molar-refractivity contribution in [2.45, 2.75) is 18.6 Å². The topological polar surface area (TPSA) is 70.3 Å². The van der Waals surface area contributed by atoms with Crippen molar-refractivity contribution in [2.75, 3.05) is 32.1 Å². The van der Waals surface area contributed by atoms with Crippen molar-refractivity contribution < 1.29 is 5.11 Å². The highest BCUT2D eigenvalue weighted by atomic mass is 16.3. The smallest absolute Gasteiger partial charge is 0.245 e. The van der Waals surface area contributed by atoms with Crippen molar-refractivity contribution >= 4 is 5.95 Å². The molecule has 1 aromatic rings. The molecule has 1 aliphatic rings.